The van der Waals surface area contributed by atoms with Gasteiger partial charge in [0.1, 0.15) is 23.7 Å². The first-order chi connectivity index (χ1) is 28.6. The van der Waals surface area contributed by atoms with E-state index in [0.29, 0.717) is 48.6 Å². The molecule has 0 saturated heterocycles. The Morgan fingerprint density at radius 3 is 2.18 bits per heavy atom. The molecule has 1 aromatic heterocycles. The lowest BCUT2D eigenvalue weighted by atomic mass is 10.1. The SMILES string of the molecule is CC(C)=NNc1ccc(C(=O)NCCCCC(NC(=O)CCCOc2ccc(NC(=O)[C@H](CC(=O)O)NC(=O)CNC(=O)c3cccc(NC(=N)N)c3)cc2)C(N)=O)cn1. The summed E-state index contributed by atoms with van der Waals surface area (Å²) in [5.41, 5.74) is 15.6. The van der Waals surface area contributed by atoms with Gasteiger partial charge >= 0.3 is 5.97 Å². The molecule has 0 aliphatic carbocycles. The van der Waals surface area contributed by atoms with Crippen LogP contribution in [0.25, 0.3) is 0 Å². The number of guanidine groups is 1. The minimum atomic E-state index is -1.47. The summed E-state index contributed by atoms with van der Waals surface area (Å²) < 4.78 is 5.67. The van der Waals surface area contributed by atoms with Gasteiger partial charge in [-0.3, -0.25) is 44.4 Å². The molecule has 0 bridgehead atoms. The van der Waals surface area contributed by atoms with Crippen LogP contribution in [-0.2, 0) is 24.0 Å². The Hall–Kier alpha value is -7.58. The average molecular weight is 831 g/mol. The number of nitrogens with two attached hydrogens (primary N) is 2. The Bertz CT molecular complexity index is 2020. The van der Waals surface area contributed by atoms with E-state index in [1.807, 2.05) is 13.8 Å². The van der Waals surface area contributed by atoms with Gasteiger partial charge in [-0.05, 0) is 94.1 Å². The van der Waals surface area contributed by atoms with Crippen molar-refractivity contribution in [3.8, 4) is 5.75 Å². The maximum Gasteiger partial charge on any atom is 0.305 e. The van der Waals surface area contributed by atoms with E-state index < -0.39 is 60.6 Å². The number of aromatic nitrogens is 1. The minimum absolute atomic E-state index is 0.0485. The molecule has 2 atom stereocenters. The first-order valence-corrected chi connectivity index (χ1v) is 18.7. The highest BCUT2D eigenvalue weighted by molar-refractivity contribution is 6.01. The Morgan fingerprint density at radius 2 is 1.53 bits per heavy atom. The monoisotopic (exact) mass is 830 g/mol. The maximum atomic E-state index is 12.9. The Labute approximate surface area is 345 Å². The van der Waals surface area contributed by atoms with Gasteiger partial charge in [-0.1, -0.05) is 6.07 Å². The van der Waals surface area contributed by atoms with Gasteiger partial charge in [-0.15, -0.1) is 0 Å². The molecule has 3 aromatic rings. The van der Waals surface area contributed by atoms with Crippen molar-refractivity contribution in [1.29, 1.82) is 5.41 Å². The summed E-state index contributed by atoms with van der Waals surface area (Å²) in [4.78, 5) is 90.5. The van der Waals surface area contributed by atoms with E-state index in [4.69, 9.17) is 21.6 Å². The average Bonchev–Trinajstić information content (AvgIpc) is 3.20. The van der Waals surface area contributed by atoms with Gasteiger partial charge < -0.3 is 53.2 Å². The maximum absolute atomic E-state index is 12.9. The number of carbonyl (C=O) groups excluding carboxylic acids is 6. The summed E-state index contributed by atoms with van der Waals surface area (Å²) in [5.74, 6) is -4.40. The summed E-state index contributed by atoms with van der Waals surface area (Å²) in [6, 6.07) is 13.0. The van der Waals surface area contributed by atoms with Crippen LogP contribution in [0, 0.1) is 5.41 Å². The predicted octanol–water partition coefficient (Wildman–Crippen LogP) is 1.25. The number of rotatable bonds is 24. The van der Waals surface area contributed by atoms with Crippen LogP contribution in [0.4, 0.5) is 17.2 Å². The van der Waals surface area contributed by atoms with Crippen molar-refractivity contribution in [2.75, 3.05) is 35.8 Å². The van der Waals surface area contributed by atoms with Crippen molar-refractivity contribution in [2.24, 2.45) is 16.6 Å². The molecule has 0 saturated carbocycles. The van der Waals surface area contributed by atoms with E-state index in [-0.39, 0.29) is 42.6 Å². The second-order valence-corrected chi connectivity index (χ2v) is 13.4. The van der Waals surface area contributed by atoms with Crippen molar-refractivity contribution in [2.45, 2.75) is 64.5 Å². The molecule has 0 spiro atoms. The number of pyridine rings is 1. The van der Waals surface area contributed by atoms with Gasteiger partial charge in [0, 0.05) is 41.8 Å². The van der Waals surface area contributed by atoms with Crippen molar-refractivity contribution in [3.05, 3.63) is 78.0 Å². The summed E-state index contributed by atoms with van der Waals surface area (Å²) in [7, 11) is 0. The number of benzene rings is 2. The molecule has 2 aromatic carbocycles. The summed E-state index contributed by atoms with van der Waals surface area (Å²) >= 11 is 0. The van der Waals surface area contributed by atoms with E-state index in [9.17, 15) is 38.7 Å². The number of aliphatic carboxylic acids is 1. The number of anilines is 3. The quantitative estimate of drug-likeness (QED) is 0.0262. The number of carboxylic acids is 1. The highest BCUT2D eigenvalue weighted by Gasteiger charge is 2.24. The molecular formula is C39H50N12O9. The lowest BCUT2D eigenvalue weighted by molar-refractivity contribution is -0.139. The fraction of sp³-hybridized carbons (Fsp3) is 0.333. The van der Waals surface area contributed by atoms with E-state index in [1.165, 1.54) is 42.6 Å². The van der Waals surface area contributed by atoms with Gasteiger partial charge in [-0.25, -0.2) is 4.98 Å². The number of amides is 6. The lowest BCUT2D eigenvalue weighted by Gasteiger charge is -2.17. The number of ether oxygens (including phenoxy) is 1. The molecule has 0 fully saturated rings. The third-order valence-corrected chi connectivity index (χ3v) is 8.09. The Morgan fingerprint density at radius 1 is 0.817 bits per heavy atom. The highest BCUT2D eigenvalue weighted by Crippen LogP contribution is 2.17. The molecule has 1 heterocycles. The van der Waals surface area contributed by atoms with E-state index >= 15 is 0 Å². The Kier molecular flexibility index (Phi) is 18.9. The molecule has 0 radical (unpaired) electrons. The predicted molar refractivity (Wildman–Crippen MR) is 222 cm³/mol. The van der Waals surface area contributed by atoms with Crippen molar-refractivity contribution in [3.63, 3.8) is 0 Å². The van der Waals surface area contributed by atoms with Crippen molar-refractivity contribution >= 4 is 70.3 Å². The molecule has 0 aliphatic heterocycles. The van der Waals surface area contributed by atoms with Crippen LogP contribution in [0.3, 0.4) is 0 Å². The van der Waals surface area contributed by atoms with Crippen LogP contribution in [0.5, 0.6) is 5.75 Å². The summed E-state index contributed by atoms with van der Waals surface area (Å²) in [6.45, 7) is 3.60. The second-order valence-electron chi connectivity index (χ2n) is 13.4. The smallest absolute Gasteiger partial charge is 0.305 e. The molecule has 0 aliphatic rings. The van der Waals surface area contributed by atoms with Gasteiger partial charge in [0.25, 0.3) is 11.8 Å². The molecule has 320 valence electrons. The molecule has 60 heavy (non-hydrogen) atoms. The second kappa shape index (κ2) is 24.2. The molecule has 3 rings (SSSR count). The van der Waals surface area contributed by atoms with Crippen LogP contribution in [0.15, 0.2) is 72.0 Å². The first-order valence-electron chi connectivity index (χ1n) is 18.7. The molecule has 21 heteroatoms. The number of unbranched alkanes of at least 4 members (excludes halogenated alkanes) is 1. The highest BCUT2D eigenvalue weighted by atomic mass is 16.5. The standard InChI is InChI=1S/C39H50N12O9/c1-23(2)50-51-31-16-11-25(21-44-31)37(58)43-17-4-3-9-29(35(40)56)48-32(52)10-6-18-60-28-14-12-26(13-15-28)46-38(59)30(20-34(54)55)49-33(53)22-45-36(57)24-7-5-8-27(19-24)47-39(41)42/h5,7-8,11-16,19,21,29-30H,3-4,6,9-10,17-18,20,22H2,1-2H3,(H2,40,56)(H,43,58)(H,44,51)(H,45,57)(H,46,59)(H,48,52)(H,49,53)(H,54,55)(H4,41,42,47)/t29?,30-/m0/s1. The Balaban J connectivity index is 1.35. The van der Waals surface area contributed by atoms with E-state index in [1.54, 1.807) is 24.3 Å². The van der Waals surface area contributed by atoms with Gasteiger partial charge in [-0.2, -0.15) is 5.10 Å². The van der Waals surface area contributed by atoms with Gasteiger partial charge in [0.05, 0.1) is 25.1 Å². The summed E-state index contributed by atoms with van der Waals surface area (Å²) in [5, 5.41) is 35.9. The zero-order valence-corrected chi connectivity index (χ0v) is 33.1. The molecule has 6 amide bonds. The van der Waals surface area contributed by atoms with Crippen LogP contribution in [-0.4, -0.2) is 95.0 Å². The number of primary amides is 1. The molecule has 13 N–H and O–H groups in total. The van der Waals surface area contributed by atoms with Gasteiger partial charge in [0.2, 0.25) is 23.6 Å². The van der Waals surface area contributed by atoms with E-state index in [0.717, 1.165) is 5.71 Å². The van der Waals surface area contributed by atoms with E-state index in [2.05, 4.69) is 47.4 Å². The summed E-state index contributed by atoms with van der Waals surface area (Å²) in [6.07, 6.45) is 2.39. The number of hydrogen-bond acceptors (Lipinski definition) is 12. The number of hydrogen-bond donors (Lipinski definition) is 11. The number of hydrazone groups is 1. The van der Waals surface area contributed by atoms with Crippen LogP contribution in [0.2, 0.25) is 0 Å². The largest absolute Gasteiger partial charge is 0.494 e. The minimum Gasteiger partial charge on any atom is -0.494 e. The lowest BCUT2D eigenvalue weighted by Crippen LogP contribution is -2.48. The molecule has 21 nitrogen and oxygen atoms in total. The fourth-order valence-electron chi connectivity index (χ4n) is 5.17. The number of nitrogens with zero attached hydrogens (tertiary/aromatic N) is 2. The third kappa shape index (κ3) is 17.7. The van der Waals surface area contributed by atoms with Crippen LogP contribution >= 0.6 is 0 Å². The van der Waals surface area contributed by atoms with Crippen LogP contribution < -0.4 is 53.5 Å². The van der Waals surface area contributed by atoms with Crippen molar-refractivity contribution < 1.29 is 43.4 Å². The molecular weight excluding hydrogens is 781 g/mol. The molecule has 1 unspecified atom stereocenters. The van der Waals surface area contributed by atoms with Crippen LogP contribution in [0.1, 0.15) is 73.1 Å². The zero-order valence-electron chi connectivity index (χ0n) is 33.1. The first kappa shape index (κ1) is 46.8. The topological polar surface area (TPSA) is 334 Å². The third-order valence-electron chi connectivity index (χ3n) is 8.09. The number of carbonyl (C=O) groups is 7. The zero-order chi connectivity index (χ0) is 44.0. The van der Waals surface area contributed by atoms with Gasteiger partial charge in [0.15, 0.2) is 5.96 Å². The van der Waals surface area contributed by atoms with Crippen molar-refractivity contribution in [1.82, 2.24) is 26.3 Å². The number of nitrogens with one attached hydrogen (secondary N) is 8. The normalized spacial score (nSPS) is 11.4. The fourth-order valence-corrected chi connectivity index (χ4v) is 5.17. The number of carboxylic acid groups (broad SMARTS) is 1.